The Morgan fingerprint density at radius 1 is 0.951 bits per heavy atom. The van der Waals surface area contributed by atoms with Gasteiger partial charge in [0.2, 0.25) is 5.91 Å². The van der Waals surface area contributed by atoms with Crippen molar-refractivity contribution in [2.45, 2.75) is 118 Å². The molecule has 2 aliphatic heterocycles. The van der Waals surface area contributed by atoms with Crippen LogP contribution in [0.1, 0.15) is 25.7 Å². The van der Waals surface area contributed by atoms with E-state index in [2.05, 4.69) is 10.6 Å². The van der Waals surface area contributed by atoms with E-state index in [-0.39, 0.29) is 32.0 Å². The number of carbonyl (C=O) groups is 1. The molecule has 18 nitrogen and oxygen atoms in total. The molecule has 0 aromatic carbocycles. The zero-order valence-corrected chi connectivity index (χ0v) is 22.9. The number of aliphatic hydroxyl groups excluding tert-OH is 5. The maximum atomic E-state index is 12.7. The van der Waals surface area contributed by atoms with Gasteiger partial charge in [-0.15, -0.1) is 0 Å². The third-order valence-electron chi connectivity index (χ3n) is 7.70. The quantitative estimate of drug-likeness (QED) is 0.0930. The Balaban J connectivity index is 1.86. The maximum absolute atomic E-state index is 12.7. The first-order chi connectivity index (χ1) is 19.4. The molecule has 3 fully saturated rings. The first-order valence-electron chi connectivity index (χ1n) is 13.9. The highest BCUT2D eigenvalue weighted by Gasteiger charge is 2.51. The van der Waals surface area contributed by atoms with Crippen LogP contribution in [0.2, 0.25) is 0 Å². The second kappa shape index (κ2) is 15.5. The Morgan fingerprint density at radius 3 is 2.24 bits per heavy atom. The average Bonchev–Trinajstić information content (AvgIpc) is 2.93. The number of carbonyl (C=O) groups excluding carboxylic acids is 1. The fourth-order valence-electron chi connectivity index (χ4n) is 5.41. The number of hydrogen-bond donors (Lipinski definition) is 13. The summed E-state index contributed by atoms with van der Waals surface area (Å²) >= 11 is 0. The van der Waals surface area contributed by atoms with Gasteiger partial charge in [0.15, 0.2) is 12.6 Å². The van der Waals surface area contributed by atoms with E-state index < -0.39 is 98.3 Å². The minimum atomic E-state index is -1.59. The molecule has 1 amide bonds. The summed E-state index contributed by atoms with van der Waals surface area (Å²) in [7, 11) is 0. The van der Waals surface area contributed by atoms with Crippen molar-refractivity contribution in [3.63, 3.8) is 0 Å². The predicted octanol–water partition coefficient (Wildman–Crippen LogP) is -7.57. The van der Waals surface area contributed by atoms with E-state index in [4.69, 9.17) is 53.3 Å². The van der Waals surface area contributed by atoms with Gasteiger partial charge >= 0.3 is 0 Å². The van der Waals surface area contributed by atoms with Crippen LogP contribution in [-0.2, 0) is 23.7 Å². The largest absolute Gasteiger partial charge is 0.394 e. The Labute approximate surface area is 237 Å². The summed E-state index contributed by atoms with van der Waals surface area (Å²) < 4.78 is 23.5. The molecule has 2 heterocycles. The van der Waals surface area contributed by atoms with Crippen molar-refractivity contribution >= 4 is 5.91 Å². The van der Waals surface area contributed by atoms with Gasteiger partial charge < -0.3 is 84.2 Å². The van der Waals surface area contributed by atoms with Crippen molar-refractivity contribution in [1.29, 1.82) is 0 Å². The molecule has 0 bridgehead atoms. The summed E-state index contributed by atoms with van der Waals surface area (Å²) in [5.74, 6) is -0.779. The molecule has 1 saturated carbocycles. The van der Waals surface area contributed by atoms with Gasteiger partial charge in [-0.3, -0.25) is 10.1 Å². The number of rotatable bonds is 12. The van der Waals surface area contributed by atoms with Gasteiger partial charge in [-0.25, -0.2) is 0 Å². The van der Waals surface area contributed by atoms with Gasteiger partial charge in [0, 0.05) is 12.6 Å². The van der Waals surface area contributed by atoms with Crippen molar-refractivity contribution in [3.05, 3.63) is 0 Å². The molecule has 0 radical (unpaired) electrons. The maximum Gasteiger partial charge on any atom is 0.249 e. The summed E-state index contributed by atoms with van der Waals surface area (Å²) in [6.07, 6.45) is -12.4. The molecule has 240 valence electrons. The number of nitrogens with two attached hydrogens (primary N) is 6. The van der Waals surface area contributed by atoms with Crippen LogP contribution in [0.25, 0.3) is 0 Å². The standard InChI is InChI=1S/C23H48N8O10/c24-4-3-12(33)20(37)30-11-5-10(27)18(40-21-9(26)2-1-8(6-25)38-21)17(36)19(11)41-22-16(35)14(31-23(28)29)15(34)13(7-32)39-22/h8-19,21-23,31-36H,1-7,24-29H2,(H,30,37)/t8-,9?,10-,11+,12-,13?,14-,15+,16?,17?,18?,19-,21+,22+/m0/s1. The third kappa shape index (κ3) is 8.48. The molecule has 0 aromatic heterocycles. The van der Waals surface area contributed by atoms with Crippen LogP contribution >= 0.6 is 0 Å². The van der Waals surface area contributed by atoms with Crippen LogP contribution in [0.3, 0.4) is 0 Å². The van der Waals surface area contributed by atoms with Gasteiger partial charge in [0.25, 0.3) is 0 Å². The SMILES string of the molecule is NCC[C@H](O)C(=O)N[C@@H]1C[C@H](N)C(O[C@H]2O[C@H](CN)CCC2N)C(O)[C@H]1O[C@H]1OC(CO)[C@@H](O)[C@H](NC(N)N)C1O. The zero-order chi connectivity index (χ0) is 30.4. The summed E-state index contributed by atoms with van der Waals surface area (Å²) in [5.41, 5.74) is 35.0. The Hall–Kier alpha value is -1.17. The zero-order valence-electron chi connectivity index (χ0n) is 22.9. The summed E-state index contributed by atoms with van der Waals surface area (Å²) in [4.78, 5) is 12.7. The van der Waals surface area contributed by atoms with E-state index in [0.29, 0.717) is 12.8 Å². The molecule has 19 N–H and O–H groups in total. The van der Waals surface area contributed by atoms with Crippen LogP contribution in [0.15, 0.2) is 0 Å². The summed E-state index contributed by atoms with van der Waals surface area (Å²) in [6.45, 7) is -0.360. The van der Waals surface area contributed by atoms with Crippen LogP contribution < -0.4 is 45.0 Å². The first-order valence-corrected chi connectivity index (χ1v) is 13.9. The molecule has 14 atom stereocenters. The van der Waals surface area contributed by atoms with Gasteiger partial charge in [0.05, 0.1) is 30.8 Å². The lowest BCUT2D eigenvalue weighted by Crippen LogP contribution is -2.70. The normalized spacial score (nSPS) is 42.7. The number of ether oxygens (including phenoxy) is 4. The molecule has 1 aliphatic carbocycles. The number of hydrogen-bond acceptors (Lipinski definition) is 17. The number of amides is 1. The van der Waals surface area contributed by atoms with Crippen LogP contribution in [0.4, 0.5) is 0 Å². The van der Waals surface area contributed by atoms with E-state index in [1.807, 2.05) is 0 Å². The second-order valence-electron chi connectivity index (χ2n) is 10.8. The predicted molar refractivity (Wildman–Crippen MR) is 142 cm³/mol. The van der Waals surface area contributed by atoms with Crippen LogP contribution in [0.5, 0.6) is 0 Å². The topological polar surface area (TPSA) is 335 Å². The minimum Gasteiger partial charge on any atom is -0.394 e. The van der Waals surface area contributed by atoms with Crippen LogP contribution in [-0.4, -0.2) is 143 Å². The van der Waals surface area contributed by atoms with E-state index >= 15 is 0 Å². The highest BCUT2D eigenvalue weighted by atomic mass is 16.7. The Bertz CT molecular complexity index is 820. The van der Waals surface area contributed by atoms with Crippen LogP contribution in [0, 0.1) is 0 Å². The Kier molecular flexibility index (Phi) is 13.0. The average molecular weight is 597 g/mol. The summed E-state index contributed by atoms with van der Waals surface area (Å²) in [5, 5.41) is 58.1. The molecule has 3 rings (SSSR count). The van der Waals surface area contributed by atoms with Crippen molar-refractivity contribution in [2.75, 3.05) is 19.7 Å². The second-order valence-corrected chi connectivity index (χ2v) is 10.8. The van der Waals surface area contributed by atoms with Crippen molar-refractivity contribution < 1.29 is 49.3 Å². The smallest absolute Gasteiger partial charge is 0.249 e. The van der Waals surface area contributed by atoms with Crippen molar-refractivity contribution in [3.8, 4) is 0 Å². The van der Waals surface area contributed by atoms with E-state index in [1.54, 1.807) is 0 Å². The monoisotopic (exact) mass is 596 g/mol. The van der Waals surface area contributed by atoms with Crippen molar-refractivity contribution in [1.82, 2.24) is 10.6 Å². The van der Waals surface area contributed by atoms with E-state index in [1.165, 1.54) is 0 Å². The first kappa shape index (κ1) is 34.3. The number of aliphatic hydroxyl groups is 5. The van der Waals surface area contributed by atoms with E-state index in [9.17, 15) is 30.3 Å². The lowest BCUT2D eigenvalue weighted by atomic mass is 9.83. The molecule has 2 saturated heterocycles. The molecule has 0 aromatic rings. The summed E-state index contributed by atoms with van der Waals surface area (Å²) in [6, 6.07) is -3.58. The van der Waals surface area contributed by atoms with Gasteiger partial charge in [-0.2, -0.15) is 0 Å². The van der Waals surface area contributed by atoms with Gasteiger partial charge in [-0.05, 0) is 32.2 Å². The van der Waals surface area contributed by atoms with Crippen molar-refractivity contribution in [2.24, 2.45) is 34.4 Å². The van der Waals surface area contributed by atoms with Gasteiger partial charge in [0.1, 0.15) is 49.0 Å². The van der Waals surface area contributed by atoms with E-state index in [0.717, 1.165) is 0 Å². The lowest BCUT2D eigenvalue weighted by molar-refractivity contribution is -0.316. The fraction of sp³-hybridized carbons (Fsp3) is 0.957. The highest BCUT2D eigenvalue weighted by Crippen LogP contribution is 2.32. The lowest BCUT2D eigenvalue weighted by Gasteiger charge is -2.49. The Morgan fingerprint density at radius 2 is 1.63 bits per heavy atom. The molecule has 0 spiro atoms. The molecule has 3 aliphatic rings. The molecule has 41 heavy (non-hydrogen) atoms. The highest BCUT2D eigenvalue weighted by molar-refractivity contribution is 5.80. The third-order valence-corrected chi connectivity index (χ3v) is 7.70. The van der Waals surface area contributed by atoms with Gasteiger partial charge in [-0.1, -0.05) is 0 Å². The minimum absolute atomic E-state index is 0.0000245. The molecule has 5 unspecified atom stereocenters. The fourth-order valence-corrected chi connectivity index (χ4v) is 5.41. The number of nitrogens with one attached hydrogen (secondary N) is 2. The molecule has 18 heteroatoms. The molecular formula is C23H48N8O10. The molecular weight excluding hydrogens is 548 g/mol.